The van der Waals surface area contributed by atoms with E-state index in [4.69, 9.17) is 24.0 Å². The van der Waals surface area contributed by atoms with Gasteiger partial charge in [0.1, 0.15) is 6.10 Å². The smallest absolute Gasteiger partial charge is 0.344 e. The van der Waals surface area contributed by atoms with Gasteiger partial charge in [-0.05, 0) is 81.2 Å². The highest BCUT2D eigenvalue weighted by molar-refractivity contribution is 6.05. The predicted molar refractivity (Wildman–Crippen MR) is 162 cm³/mol. The van der Waals surface area contributed by atoms with Gasteiger partial charge in [-0.15, -0.1) is 0 Å². The highest BCUT2D eigenvalue weighted by atomic mass is 19.1. The molecule has 5 rings (SSSR count). The summed E-state index contributed by atoms with van der Waals surface area (Å²) in [4.78, 5) is 30.5. The number of aliphatic hydroxyl groups excluding tert-OH is 1. The summed E-state index contributed by atoms with van der Waals surface area (Å²) in [5, 5.41) is 18.5. The van der Waals surface area contributed by atoms with Gasteiger partial charge < -0.3 is 24.1 Å². The minimum absolute atomic E-state index is 0.0210. The fourth-order valence-electron chi connectivity index (χ4n) is 6.30. The molecule has 1 saturated carbocycles. The van der Waals surface area contributed by atoms with E-state index < -0.39 is 28.6 Å². The summed E-state index contributed by atoms with van der Waals surface area (Å²) < 4.78 is 45.0. The topological polar surface area (TPSA) is 119 Å². The molecule has 0 spiro atoms. The average Bonchev–Trinajstić information content (AvgIpc) is 2.99. The molecule has 2 heterocycles. The fraction of sp³-hybridized carbons (Fsp3) is 0.441. The van der Waals surface area contributed by atoms with E-state index in [0.717, 1.165) is 43.0 Å². The Balaban J connectivity index is 1.38. The Morgan fingerprint density at radius 1 is 1.11 bits per heavy atom. The molecule has 234 valence electrons. The Kier molecular flexibility index (Phi) is 9.90. The Morgan fingerprint density at radius 3 is 2.70 bits per heavy atom. The molecule has 2 N–H and O–H groups in total. The highest BCUT2D eigenvalue weighted by Crippen LogP contribution is 2.38. The first-order valence-corrected chi connectivity index (χ1v) is 15.1. The number of carbonyl (C=O) groups excluding carboxylic acids is 1. The lowest BCUT2D eigenvalue weighted by atomic mass is 9.77. The number of aromatic hydroxyl groups is 1. The summed E-state index contributed by atoms with van der Waals surface area (Å²) in [5.41, 5.74) is 4.07. The van der Waals surface area contributed by atoms with E-state index in [9.17, 15) is 23.5 Å². The van der Waals surface area contributed by atoms with Gasteiger partial charge in [0.15, 0.2) is 17.1 Å². The number of fused-ring (bicyclic) bond motifs is 2. The number of aliphatic hydroxyl groups is 1. The van der Waals surface area contributed by atoms with Crippen molar-refractivity contribution in [3.8, 4) is 16.9 Å². The second-order valence-electron chi connectivity index (χ2n) is 11.4. The number of carbonyl (C=O) groups is 1. The van der Waals surface area contributed by atoms with Gasteiger partial charge in [-0.1, -0.05) is 29.3 Å². The first-order chi connectivity index (χ1) is 21.2. The molecule has 10 heteroatoms. The number of phenols is 1. The number of hydrogen-bond donors (Lipinski definition) is 2. The molecule has 8 nitrogen and oxygen atoms in total. The lowest BCUT2D eigenvalue weighted by Crippen LogP contribution is -2.29. The van der Waals surface area contributed by atoms with Gasteiger partial charge in [0.2, 0.25) is 5.82 Å². The molecule has 3 aromatic rings. The normalized spacial score (nSPS) is 18.9. The van der Waals surface area contributed by atoms with Gasteiger partial charge in [0.05, 0.1) is 25.3 Å². The molecule has 0 amide bonds. The number of aryl methyl sites for hydroxylation is 1. The van der Waals surface area contributed by atoms with E-state index in [1.807, 2.05) is 18.2 Å². The first-order valence-electron chi connectivity index (χ1n) is 15.1. The zero-order valence-corrected chi connectivity index (χ0v) is 25.0. The highest BCUT2D eigenvalue weighted by Gasteiger charge is 2.31. The summed E-state index contributed by atoms with van der Waals surface area (Å²) in [7, 11) is 0. The standard InChI is InChI=1S/C34H37F2NO7/c1-19-18-37-31(25-12-11-23(8-4-9-24(19)25)43-28(39)10-5-14-42-15-13-38)22-7-3-6-21(16-22)29-20(2)26-17-27(35)32(40)30(36)33(26)44-34(29)41/h3,6-7,16-17,23,25,38,40H,4-5,8-15,18H2,1-2H3. The van der Waals surface area contributed by atoms with Crippen molar-refractivity contribution in [2.45, 2.75) is 64.9 Å². The van der Waals surface area contributed by atoms with Crippen LogP contribution in [0.25, 0.3) is 22.1 Å². The molecule has 1 fully saturated rings. The average molecular weight is 610 g/mol. The lowest BCUT2D eigenvalue weighted by Gasteiger charge is -2.32. The largest absolute Gasteiger partial charge is 0.503 e. The molecular weight excluding hydrogens is 572 g/mol. The van der Waals surface area contributed by atoms with Crippen LogP contribution in [0.3, 0.4) is 0 Å². The monoisotopic (exact) mass is 609 g/mol. The molecule has 0 radical (unpaired) electrons. The maximum absolute atomic E-state index is 14.5. The molecule has 0 bridgehead atoms. The van der Waals surface area contributed by atoms with Gasteiger partial charge in [-0.3, -0.25) is 9.79 Å². The predicted octanol–water partition coefficient (Wildman–Crippen LogP) is 6.15. The molecule has 1 aliphatic carbocycles. The number of benzene rings is 2. The zero-order chi connectivity index (χ0) is 31.4. The lowest BCUT2D eigenvalue weighted by molar-refractivity contribution is -0.150. The van der Waals surface area contributed by atoms with Crippen LogP contribution in [-0.2, 0) is 14.3 Å². The molecule has 1 aliphatic heterocycles. The summed E-state index contributed by atoms with van der Waals surface area (Å²) in [6.07, 6.45) is 4.57. The second kappa shape index (κ2) is 13.8. The maximum Gasteiger partial charge on any atom is 0.344 e. The van der Waals surface area contributed by atoms with Gasteiger partial charge in [0.25, 0.3) is 0 Å². The molecule has 2 aliphatic rings. The Morgan fingerprint density at radius 2 is 1.91 bits per heavy atom. The second-order valence-corrected chi connectivity index (χ2v) is 11.4. The number of rotatable bonds is 9. The van der Waals surface area contributed by atoms with Crippen molar-refractivity contribution in [2.24, 2.45) is 10.9 Å². The number of allylic oxidation sites excluding steroid dienone is 1. The number of esters is 1. The van der Waals surface area contributed by atoms with Crippen LogP contribution in [0.5, 0.6) is 5.75 Å². The number of nitrogens with zero attached hydrogens (tertiary/aromatic N) is 1. The van der Waals surface area contributed by atoms with Crippen molar-refractivity contribution in [1.29, 1.82) is 0 Å². The van der Waals surface area contributed by atoms with E-state index in [2.05, 4.69) is 6.92 Å². The van der Waals surface area contributed by atoms with Crippen LogP contribution in [0.4, 0.5) is 8.78 Å². The molecular formula is C34H37F2NO7. The van der Waals surface area contributed by atoms with E-state index in [1.54, 1.807) is 13.0 Å². The summed E-state index contributed by atoms with van der Waals surface area (Å²) in [6, 6.07) is 8.31. The van der Waals surface area contributed by atoms with Crippen molar-refractivity contribution in [3.05, 3.63) is 74.7 Å². The minimum atomic E-state index is -1.31. The van der Waals surface area contributed by atoms with E-state index in [0.29, 0.717) is 37.1 Å². The Bertz CT molecular complexity index is 1680. The zero-order valence-electron chi connectivity index (χ0n) is 25.0. The van der Waals surface area contributed by atoms with Gasteiger partial charge >= 0.3 is 11.6 Å². The SMILES string of the molecule is CC1=C2CCCC(OC(=O)CCCOCCO)CCC2C(c2cccc(-c3c(C)c4cc(F)c(O)c(F)c4oc3=O)c2)=NC1. The number of phenolic OH excluding ortho intramolecular Hbond substituents is 1. The van der Waals surface area contributed by atoms with Crippen molar-refractivity contribution in [2.75, 3.05) is 26.4 Å². The van der Waals surface area contributed by atoms with Crippen LogP contribution in [0, 0.1) is 24.5 Å². The van der Waals surface area contributed by atoms with Crippen LogP contribution >= 0.6 is 0 Å². The third-order valence-corrected chi connectivity index (χ3v) is 8.51. The molecule has 2 aromatic carbocycles. The Hall–Kier alpha value is -3.89. The minimum Gasteiger partial charge on any atom is -0.503 e. The number of dihydropyridines is 1. The third kappa shape index (κ3) is 6.61. The van der Waals surface area contributed by atoms with E-state index >= 15 is 0 Å². The maximum atomic E-state index is 14.5. The fourth-order valence-corrected chi connectivity index (χ4v) is 6.30. The third-order valence-electron chi connectivity index (χ3n) is 8.51. The van der Waals surface area contributed by atoms with Gasteiger partial charge in [0, 0.05) is 30.0 Å². The number of aliphatic imine (C=N–C) groups is 1. The van der Waals surface area contributed by atoms with Crippen LogP contribution in [0.1, 0.15) is 63.0 Å². The van der Waals surface area contributed by atoms with Crippen molar-refractivity contribution in [1.82, 2.24) is 0 Å². The van der Waals surface area contributed by atoms with Crippen molar-refractivity contribution < 1.29 is 37.7 Å². The Labute approximate surface area is 254 Å². The van der Waals surface area contributed by atoms with Gasteiger partial charge in [-0.2, -0.15) is 4.39 Å². The molecule has 0 saturated heterocycles. The van der Waals surface area contributed by atoms with Crippen molar-refractivity contribution >= 4 is 22.7 Å². The quantitative estimate of drug-likeness (QED) is 0.129. The number of halogens is 2. The van der Waals surface area contributed by atoms with Crippen LogP contribution in [0.15, 0.2) is 55.7 Å². The summed E-state index contributed by atoms with van der Waals surface area (Å²) in [6.45, 7) is 4.87. The molecule has 44 heavy (non-hydrogen) atoms. The summed E-state index contributed by atoms with van der Waals surface area (Å²) >= 11 is 0. The van der Waals surface area contributed by atoms with Crippen LogP contribution in [0.2, 0.25) is 0 Å². The van der Waals surface area contributed by atoms with Crippen LogP contribution < -0.4 is 5.63 Å². The number of hydrogen-bond acceptors (Lipinski definition) is 8. The van der Waals surface area contributed by atoms with Gasteiger partial charge in [-0.25, -0.2) is 9.18 Å². The van der Waals surface area contributed by atoms with E-state index in [-0.39, 0.29) is 48.6 Å². The molecule has 1 aromatic heterocycles. The van der Waals surface area contributed by atoms with Crippen LogP contribution in [-0.4, -0.2) is 54.4 Å². The number of ether oxygens (including phenoxy) is 2. The van der Waals surface area contributed by atoms with E-state index in [1.165, 1.54) is 11.1 Å². The van der Waals surface area contributed by atoms with Crippen molar-refractivity contribution in [3.63, 3.8) is 0 Å². The molecule has 2 unspecified atom stereocenters. The molecule has 2 atom stereocenters. The first kappa shape index (κ1) is 31.5. The summed E-state index contributed by atoms with van der Waals surface area (Å²) in [5.74, 6) is -3.87.